The molecular weight excluding hydrogens is 226 g/mol. The minimum absolute atomic E-state index is 0.379. The van der Waals surface area contributed by atoms with Crippen LogP contribution in [0.3, 0.4) is 0 Å². The fourth-order valence-electron chi connectivity index (χ4n) is 3.24. The van der Waals surface area contributed by atoms with E-state index in [1.165, 1.54) is 25.9 Å². The van der Waals surface area contributed by atoms with Crippen LogP contribution in [-0.2, 0) is 4.74 Å². The van der Waals surface area contributed by atoms with E-state index in [0.29, 0.717) is 12.1 Å². The molecule has 0 aromatic carbocycles. The monoisotopic (exact) mass is 255 g/mol. The number of hydrogen-bond acceptors (Lipinski definition) is 4. The fourth-order valence-corrected chi connectivity index (χ4v) is 3.24. The van der Waals surface area contributed by atoms with Crippen molar-refractivity contribution in [3.63, 3.8) is 0 Å². The molecule has 106 valence electrons. The zero-order valence-electron chi connectivity index (χ0n) is 12.0. The molecule has 2 rings (SSSR count). The van der Waals surface area contributed by atoms with E-state index in [1.54, 1.807) is 0 Å². The van der Waals surface area contributed by atoms with Gasteiger partial charge in [0.05, 0.1) is 12.7 Å². The summed E-state index contributed by atoms with van der Waals surface area (Å²) in [6.45, 7) is 11.9. The van der Waals surface area contributed by atoms with E-state index in [0.717, 1.165) is 38.7 Å². The predicted octanol–water partition coefficient (Wildman–Crippen LogP) is 0.766. The van der Waals surface area contributed by atoms with Crippen LogP contribution in [-0.4, -0.2) is 67.8 Å². The van der Waals surface area contributed by atoms with Gasteiger partial charge in [-0.1, -0.05) is 13.8 Å². The number of rotatable bonds is 5. The second-order valence-electron chi connectivity index (χ2n) is 6.17. The minimum Gasteiger partial charge on any atom is -0.374 e. The molecule has 18 heavy (non-hydrogen) atoms. The molecule has 0 bridgehead atoms. The summed E-state index contributed by atoms with van der Waals surface area (Å²) in [6, 6.07) is 0.592. The highest BCUT2D eigenvalue weighted by Crippen LogP contribution is 2.18. The summed E-state index contributed by atoms with van der Waals surface area (Å²) < 4.78 is 5.92. The number of morpholine rings is 1. The normalized spacial score (nSPS) is 31.3. The van der Waals surface area contributed by atoms with Crippen LogP contribution in [0.2, 0.25) is 0 Å². The van der Waals surface area contributed by atoms with Crippen molar-refractivity contribution >= 4 is 0 Å². The number of likely N-dealkylation sites (tertiary alicyclic amines) is 1. The fraction of sp³-hybridized carbons (Fsp3) is 1.00. The van der Waals surface area contributed by atoms with E-state index in [2.05, 4.69) is 23.6 Å². The summed E-state index contributed by atoms with van der Waals surface area (Å²) in [6.07, 6.45) is 2.94. The molecule has 2 fully saturated rings. The van der Waals surface area contributed by atoms with Crippen LogP contribution in [0, 0.1) is 5.92 Å². The van der Waals surface area contributed by atoms with Crippen LogP contribution in [0.4, 0.5) is 0 Å². The third-order valence-electron chi connectivity index (χ3n) is 4.06. The molecule has 0 aromatic heterocycles. The smallest absolute Gasteiger partial charge is 0.0829 e. The molecule has 2 saturated heterocycles. The number of nitrogens with two attached hydrogens (primary N) is 1. The van der Waals surface area contributed by atoms with Gasteiger partial charge in [0.1, 0.15) is 0 Å². The second kappa shape index (κ2) is 6.85. The summed E-state index contributed by atoms with van der Waals surface area (Å²) >= 11 is 0. The lowest BCUT2D eigenvalue weighted by Crippen LogP contribution is -2.50. The molecule has 2 aliphatic heterocycles. The van der Waals surface area contributed by atoms with Crippen LogP contribution in [0.25, 0.3) is 0 Å². The SMILES string of the molecule is CC(C)CN1CCOC(CN2CCCC2CN)C1. The molecule has 4 heteroatoms. The van der Waals surface area contributed by atoms with E-state index in [4.69, 9.17) is 10.5 Å². The maximum Gasteiger partial charge on any atom is 0.0829 e. The summed E-state index contributed by atoms with van der Waals surface area (Å²) in [5.74, 6) is 0.743. The molecule has 0 aliphatic carbocycles. The van der Waals surface area contributed by atoms with Crippen molar-refractivity contribution in [1.82, 2.24) is 9.80 Å². The van der Waals surface area contributed by atoms with Crippen molar-refractivity contribution in [2.24, 2.45) is 11.7 Å². The zero-order valence-corrected chi connectivity index (χ0v) is 12.0. The molecule has 0 amide bonds. The zero-order chi connectivity index (χ0) is 13.0. The van der Waals surface area contributed by atoms with Gasteiger partial charge in [-0.05, 0) is 25.3 Å². The highest BCUT2D eigenvalue weighted by atomic mass is 16.5. The van der Waals surface area contributed by atoms with Crippen LogP contribution in [0.5, 0.6) is 0 Å². The van der Waals surface area contributed by atoms with Gasteiger partial charge in [-0.2, -0.15) is 0 Å². The summed E-state index contributed by atoms with van der Waals surface area (Å²) in [5, 5.41) is 0. The molecule has 0 aromatic rings. The molecule has 0 saturated carbocycles. The van der Waals surface area contributed by atoms with Crippen LogP contribution in [0.15, 0.2) is 0 Å². The number of hydrogen-bond donors (Lipinski definition) is 1. The third kappa shape index (κ3) is 3.92. The van der Waals surface area contributed by atoms with Crippen LogP contribution >= 0.6 is 0 Å². The summed E-state index contributed by atoms with van der Waals surface area (Å²) in [7, 11) is 0. The summed E-state index contributed by atoms with van der Waals surface area (Å²) in [4.78, 5) is 5.08. The Morgan fingerprint density at radius 2 is 2.17 bits per heavy atom. The predicted molar refractivity (Wildman–Crippen MR) is 74.7 cm³/mol. The van der Waals surface area contributed by atoms with Crippen molar-refractivity contribution in [3.8, 4) is 0 Å². The number of ether oxygens (including phenoxy) is 1. The Morgan fingerprint density at radius 1 is 1.33 bits per heavy atom. The maximum absolute atomic E-state index is 5.92. The molecule has 2 unspecified atom stereocenters. The lowest BCUT2D eigenvalue weighted by Gasteiger charge is -2.36. The topological polar surface area (TPSA) is 41.7 Å². The van der Waals surface area contributed by atoms with Gasteiger partial charge in [-0.3, -0.25) is 9.80 Å². The van der Waals surface area contributed by atoms with Gasteiger partial charge in [-0.25, -0.2) is 0 Å². The molecule has 0 spiro atoms. The Bertz CT molecular complexity index is 247. The first kappa shape index (κ1) is 14.3. The van der Waals surface area contributed by atoms with E-state index in [9.17, 15) is 0 Å². The first-order chi connectivity index (χ1) is 8.69. The Morgan fingerprint density at radius 3 is 2.89 bits per heavy atom. The van der Waals surface area contributed by atoms with Gasteiger partial charge in [0.25, 0.3) is 0 Å². The van der Waals surface area contributed by atoms with Crippen LogP contribution < -0.4 is 5.73 Å². The van der Waals surface area contributed by atoms with Gasteiger partial charge >= 0.3 is 0 Å². The number of nitrogens with zero attached hydrogens (tertiary/aromatic N) is 2. The van der Waals surface area contributed by atoms with E-state index < -0.39 is 0 Å². The molecule has 4 nitrogen and oxygen atoms in total. The lowest BCUT2D eigenvalue weighted by molar-refractivity contribution is -0.0471. The maximum atomic E-state index is 5.92. The van der Waals surface area contributed by atoms with Gasteiger partial charge < -0.3 is 10.5 Å². The van der Waals surface area contributed by atoms with Gasteiger partial charge in [0, 0.05) is 38.8 Å². The Hall–Kier alpha value is -0.160. The Balaban J connectivity index is 1.78. The first-order valence-corrected chi connectivity index (χ1v) is 7.47. The van der Waals surface area contributed by atoms with Crippen molar-refractivity contribution in [1.29, 1.82) is 0 Å². The molecule has 2 heterocycles. The van der Waals surface area contributed by atoms with E-state index in [-0.39, 0.29) is 0 Å². The average Bonchev–Trinajstić information content (AvgIpc) is 2.76. The van der Waals surface area contributed by atoms with E-state index >= 15 is 0 Å². The van der Waals surface area contributed by atoms with Gasteiger partial charge in [0.15, 0.2) is 0 Å². The third-order valence-corrected chi connectivity index (χ3v) is 4.06. The summed E-state index contributed by atoms with van der Waals surface area (Å²) in [5.41, 5.74) is 5.83. The highest BCUT2D eigenvalue weighted by molar-refractivity contribution is 4.84. The molecule has 0 radical (unpaired) electrons. The second-order valence-corrected chi connectivity index (χ2v) is 6.17. The average molecular weight is 255 g/mol. The Kier molecular flexibility index (Phi) is 5.42. The Labute approximate surface area is 111 Å². The van der Waals surface area contributed by atoms with Crippen molar-refractivity contribution < 1.29 is 4.74 Å². The largest absolute Gasteiger partial charge is 0.374 e. The van der Waals surface area contributed by atoms with E-state index in [1.807, 2.05) is 0 Å². The first-order valence-electron chi connectivity index (χ1n) is 7.47. The van der Waals surface area contributed by atoms with Crippen molar-refractivity contribution in [2.75, 3.05) is 45.9 Å². The molecule has 2 N–H and O–H groups in total. The molecule has 2 atom stereocenters. The molecule has 2 aliphatic rings. The standard InChI is InChI=1S/C14H29N3O/c1-12(2)9-16-6-7-18-14(10-16)11-17-5-3-4-13(17)8-15/h12-14H,3-11,15H2,1-2H3. The minimum atomic E-state index is 0.379. The highest BCUT2D eigenvalue weighted by Gasteiger charge is 2.28. The lowest BCUT2D eigenvalue weighted by atomic mass is 10.1. The van der Waals surface area contributed by atoms with Crippen molar-refractivity contribution in [2.45, 2.75) is 38.8 Å². The van der Waals surface area contributed by atoms with Gasteiger partial charge in [0.2, 0.25) is 0 Å². The quantitative estimate of drug-likeness (QED) is 0.788. The van der Waals surface area contributed by atoms with Crippen LogP contribution in [0.1, 0.15) is 26.7 Å². The van der Waals surface area contributed by atoms with Crippen molar-refractivity contribution in [3.05, 3.63) is 0 Å². The van der Waals surface area contributed by atoms with Gasteiger partial charge in [-0.15, -0.1) is 0 Å². The molecular formula is C14H29N3O.